The lowest BCUT2D eigenvalue weighted by molar-refractivity contribution is 0.631. The van der Waals surface area contributed by atoms with E-state index < -0.39 is 0 Å². The highest BCUT2D eigenvalue weighted by molar-refractivity contribution is 5.83. The molecular weight excluding hydrogens is 320 g/mol. The van der Waals surface area contributed by atoms with Crippen molar-refractivity contribution in [2.45, 2.75) is 33.1 Å². The minimum Gasteiger partial charge on any atom is -0.456 e. The molecule has 0 amide bonds. The molecule has 0 saturated carbocycles. The number of rotatable bonds is 5. The number of benzene rings is 1. The number of aryl methyl sites for hydroxylation is 4. The van der Waals surface area contributed by atoms with Crippen LogP contribution in [0.2, 0.25) is 0 Å². The van der Waals surface area contributed by atoms with Gasteiger partial charge in [-0.05, 0) is 73.7 Å². The Hall–Kier alpha value is -2.94. The molecule has 0 atom stereocenters. The topological polar surface area (TPSA) is 38.9 Å². The summed E-state index contributed by atoms with van der Waals surface area (Å²) in [6, 6.07) is 16.9. The van der Waals surface area contributed by atoms with Crippen LogP contribution in [0.5, 0.6) is 0 Å². The van der Waals surface area contributed by atoms with Crippen molar-refractivity contribution >= 4 is 11.0 Å². The van der Waals surface area contributed by atoms with Crippen LogP contribution >= 0.6 is 0 Å². The van der Waals surface area contributed by atoms with Crippen LogP contribution in [0.3, 0.4) is 0 Å². The normalized spacial score (nSPS) is 11.2. The average Bonchev–Trinajstić information content (AvgIpc) is 3.10. The van der Waals surface area contributed by atoms with Gasteiger partial charge in [0.15, 0.2) is 0 Å². The van der Waals surface area contributed by atoms with Gasteiger partial charge in [-0.3, -0.25) is 9.97 Å². The van der Waals surface area contributed by atoms with Crippen molar-refractivity contribution in [1.82, 2.24) is 9.97 Å². The summed E-state index contributed by atoms with van der Waals surface area (Å²) in [6.45, 7) is 4.14. The highest BCUT2D eigenvalue weighted by Crippen LogP contribution is 2.28. The molecule has 0 bridgehead atoms. The Kier molecular flexibility index (Phi) is 4.53. The van der Waals surface area contributed by atoms with E-state index in [1.807, 2.05) is 31.5 Å². The summed E-state index contributed by atoms with van der Waals surface area (Å²) in [5.74, 6) is 0.888. The molecule has 0 fully saturated rings. The Morgan fingerprint density at radius 3 is 2.54 bits per heavy atom. The van der Waals surface area contributed by atoms with Gasteiger partial charge in [-0.1, -0.05) is 19.1 Å². The minimum absolute atomic E-state index is 0.888. The third-order valence-electron chi connectivity index (χ3n) is 4.73. The van der Waals surface area contributed by atoms with Crippen molar-refractivity contribution in [1.29, 1.82) is 0 Å². The molecule has 3 aromatic heterocycles. The Morgan fingerprint density at radius 1 is 0.885 bits per heavy atom. The van der Waals surface area contributed by atoms with Gasteiger partial charge in [-0.25, -0.2) is 0 Å². The number of hydrogen-bond acceptors (Lipinski definition) is 3. The molecule has 0 aliphatic heterocycles. The van der Waals surface area contributed by atoms with E-state index in [0.29, 0.717) is 0 Å². The van der Waals surface area contributed by atoms with Crippen LogP contribution in [-0.4, -0.2) is 9.97 Å². The van der Waals surface area contributed by atoms with Gasteiger partial charge in [0.2, 0.25) is 0 Å². The smallest absolute Gasteiger partial charge is 0.135 e. The summed E-state index contributed by atoms with van der Waals surface area (Å²) in [6.07, 6.45) is 6.76. The fourth-order valence-electron chi connectivity index (χ4n) is 3.17. The van der Waals surface area contributed by atoms with Gasteiger partial charge in [0.05, 0.1) is 0 Å². The van der Waals surface area contributed by atoms with Crippen molar-refractivity contribution in [2.24, 2.45) is 0 Å². The lowest BCUT2D eigenvalue weighted by Gasteiger charge is -2.03. The molecule has 4 aromatic rings. The number of nitrogens with zero attached hydrogens (tertiary/aromatic N) is 2. The maximum atomic E-state index is 6.01. The first-order chi connectivity index (χ1) is 12.7. The van der Waals surface area contributed by atoms with Crippen LogP contribution in [-0.2, 0) is 19.3 Å². The SMILES string of the molecule is CCc1ccc(CCc2ccc3oc(-c4ccnc(C)c4)cc3c2)nc1. The van der Waals surface area contributed by atoms with Gasteiger partial charge in [0, 0.05) is 34.7 Å². The molecular formula is C23H22N2O. The predicted octanol–water partition coefficient (Wildman–Crippen LogP) is 5.55. The molecule has 3 heteroatoms. The van der Waals surface area contributed by atoms with Crippen molar-refractivity contribution in [3.8, 4) is 11.3 Å². The van der Waals surface area contributed by atoms with Crippen molar-refractivity contribution in [3.63, 3.8) is 0 Å². The zero-order chi connectivity index (χ0) is 17.9. The Bertz CT molecular complexity index is 1030. The highest BCUT2D eigenvalue weighted by Gasteiger charge is 2.08. The van der Waals surface area contributed by atoms with Crippen LogP contribution < -0.4 is 0 Å². The summed E-state index contributed by atoms with van der Waals surface area (Å²) >= 11 is 0. The van der Waals surface area contributed by atoms with E-state index in [0.717, 1.165) is 52.9 Å². The van der Waals surface area contributed by atoms with Crippen LogP contribution in [0.4, 0.5) is 0 Å². The second-order valence-corrected chi connectivity index (χ2v) is 6.68. The van der Waals surface area contributed by atoms with Crippen LogP contribution in [0.15, 0.2) is 65.3 Å². The number of pyridine rings is 2. The molecule has 0 aliphatic rings. The first kappa shape index (κ1) is 16.5. The molecule has 0 radical (unpaired) electrons. The van der Waals surface area contributed by atoms with Gasteiger partial charge >= 0.3 is 0 Å². The van der Waals surface area contributed by atoms with E-state index in [4.69, 9.17) is 4.42 Å². The van der Waals surface area contributed by atoms with Crippen LogP contribution in [0.1, 0.15) is 29.4 Å². The molecule has 0 spiro atoms. The summed E-state index contributed by atoms with van der Waals surface area (Å²) in [7, 11) is 0. The second kappa shape index (κ2) is 7.12. The standard InChI is InChI=1S/C23H22N2O/c1-3-17-4-7-21(25-15-17)8-5-18-6-9-22-20(13-18)14-23(26-22)19-10-11-24-16(2)12-19/h4,6-7,9-15H,3,5,8H2,1-2H3. The summed E-state index contributed by atoms with van der Waals surface area (Å²) < 4.78 is 6.01. The summed E-state index contributed by atoms with van der Waals surface area (Å²) in [5.41, 5.74) is 6.70. The molecule has 3 nitrogen and oxygen atoms in total. The van der Waals surface area contributed by atoms with Gasteiger partial charge in [0.1, 0.15) is 11.3 Å². The maximum absolute atomic E-state index is 6.01. The molecule has 4 rings (SSSR count). The number of fused-ring (bicyclic) bond motifs is 1. The Balaban J connectivity index is 1.53. The quantitative estimate of drug-likeness (QED) is 0.477. The van der Waals surface area contributed by atoms with Crippen molar-refractivity contribution in [2.75, 3.05) is 0 Å². The Morgan fingerprint density at radius 2 is 1.77 bits per heavy atom. The minimum atomic E-state index is 0.888. The third kappa shape index (κ3) is 3.52. The van der Waals surface area contributed by atoms with E-state index in [1.54, 1.807) is 0 Å². The fourth-order valence-corrected chi connectivity index (χ4v) is 3.17. The van der Waals surface area contributed by atoms with Gasteiger partial charge in [-0.15, -0.1) is 0 Å². The molecule has 26 heavy (non-hydrogen) atoms. The molecule has 1 aromatic carbocycles. The van der Waals surface area contributed by atoms with Crippen molar-refractivity contribution in [3.05, 3.63) is 83.4 Å². The highest BCUT2D eigenvalue weighted by atomic mass is 16.3. The van der Waals surface area contributed by atoms with E-state index in [-0.39, 0.29) is 0 Å². The Labute approximate surface area is 153 Å². The van der Waals surface area contributed by atoms with Gasteiger partial charge in [0.25, 0.3) is 0 Å². The number of hydrogen-bond donors (Lipinski definition) is 0. The third-order valence-corrected chi connectivity index (χ3v) is 4.73. The van der Waals surface area contributed by atoms with E-state index in [9.17, 15) is 0 Å². The van der Waals surface area contributed by atoms with Crippen molar-refractivity contribution < 1.29 is 4.42 Å². The monoisotopic (exact) mass is 342 g/mol. The molecule has 3 heterocycles. The van der Waals surface area contributed by atoms with E-state index >= 15 is 0 Å². The molecule has 0 unspecified atom stereocenters. The van der Waals surface area contributed by atoms with E-state index in [1.165, 1.54) is 11.1 Å². The van der Waals surface area contributed by atoms with Crippen LogP contribution in [0, 0.1) is 6.92 Å². The number of furan rings is 1. The lowest BCUT2D eigenvalue weighted by Crippen LogP contribution is -1.95. The summed E-state index contributed by atoms with van der Waals surface area (Å²) in [5, 5.41) is 1.14. The molecule has 0 saturated heterocycles. The van der Waals surface area contributed by atoms with E-state index in [2.05, 4.69) is 53.3 Å². The van der Waals surface area contributed by atoms with Gasteiger partial charge < -0.3 is 4.42 Å². The fraction of sp³-hybridized carbons (Fsp3) is 0.217. The molecule has 0 aliphatic carbocycles. The second-order valence-electron chi connectivity index (χ2n) is 6.68. The maximum Gasteiger partial charge on any atom is 0.135 e. The number of aromatic nitrogens is 2. The molecule has 130 valence electrons. The van der Waals surface area contributed by atoms with Gasteiger partial charge in [-0.2, -0.15) is 0 Å². The lowest BCUT2D eigenvalue weighted by atomic mass is 10.1. The average molecular weight is 342 g/mol. The van der Waals surface area contributed by atoms with Crippen LogP contribution in [0.25, 0.3) is 22.3 Å². The predicted molar refractivity (Wildman–Crippen MR) is 105 cm³/mol. The largest absolute Gasteiger partial charge is 0.456 e. The zero-order valence-electron chi connectivity index (χ0n) is 15.2. The first-order valence-corrected chi connectivity index (χ1v) is 9.10. The summed E-state index contributed by atoms with van der Waals surface area (Å²) in [4.78, 5) is 8.80. The first-order valence-electron chi connectivity index (χ1n) is 9.10. The molecule has 0 N–H and O–H groups in total. The zero-order valence-corrected chi connectivity index (χ0v) is 15.2.